The predicted octanol–water partition coefficient (Wildman–Crippen LogP) is 8.94. The summed E-state index contributed by atoms with van der Waals surface area (Å²) in [4.78, 5) is 25.1. The van der Waals surface area contributed by atoms with Crippen LogP contribution in [0.5, 0.6) is 0 Å². The van der Waals surface area contributed by atoms with Gasteiger partial charge in [-0.2, -0.15) is 0 Å². The van der Waals surface area contributed by atoms with Gasteiger partial charge in [0.05, 0.1) is 19.3 Å². The average molecular weight is 613 g/mol. The zero-order valence-corrected chi connectivity index (χ0v) is 29.6. The number of carbonyl (C=O) groups is 2. The number of hydrogen-bond acceptors (Lipinski definition) is 7. The number of aliphatic hydroxyl groups excluding tert-OH is 1. The molecule has 0 aromatic carbocycles. The number of hydrogen-bond donors (Lipinski definition) is 1. The van der Waals surface area contributed by atoms with Gasteiger partial charge in [0.1, 0.15) is 5.76 Å². The van der Waals surface area contributed by atoms with Crippen LogP contribution in [0.2, 0.25) is 18.1 Å². The summed E-state index contributed by atoms with van der Waals surface area (Å²) in [7, 11) is -0.699. The predicted molar refractivity (Wildman–Crippen MR) is 174 cm³/mol. The molecule has 1 N–H and O–H groups in total. The maximum absolute atomic E-state index is 12.6. The summed E-state index contributed by atoms with van der Waals surface area (Å²) in [6.07, 6.45) is 12.5. The number of ether oxygens (including phenoxy) is 2. The maximum atomic E-state index is 12.6. The van der Waals surface area contributed by atoms with Gasteiger partial charge < -0.3 is 19.0 Å². The van der Waals surface area contributed by atoms with Crippen LogP contribution in [0.3, 0.4) is 0 Å². The Morgan fingerprint density at radius 2 is 1.68 bits per heavy atom. The van der Waals surface area contributed by atoms with Crippen LogP contribution in [-0.2, 0) is 23.5 Å². The van der Waals surface area contributed by atoms with Gasteiger partial charge >= 0.3 is 11.9 Å². The molecule has 1 unspecified atom stereocenters. The van der Waals surface area contributed by atoms with E-state index in [4.69, 9.17) is 13.9 Å². The smallest absolute Gasteiger partial charge is 0.310 e. The number of thioether (sulfide) groups is 1. The zero-order chi connectivity index (χ0) is 31.3. The van der Waals surface area contributed by atoms with Crippen molar-refractivity contribution in [1.82, 2.24) is 0 Å². The molecule has 6 nitrogen and oxygen atoms in total. The summed E-state index contributed by atoms with van der Waals surface area (Å²) in [5, 5.41) is 11.3. The molecular weight excluding hydrogens is 553 g/mol. The van der Waals surface area contributed by atoms with Crippen LogP contribution in [0, 0.1) is 11.3 Å². The lowest BCUT2D eigenvalue weighted by atomic mass is 9.81. The van der Waals surface area contributed by atoms with E-state index in [-0.39, 0.29) is 34.4 Å². The van der Waals surface area contributed by atoms with Crippen LogP contribution >= 0.6 is 11.8 Å². The third-order valence-electron chi connectivity index (χ3n) is 8.54. The molecule has 238 valence electrons. The SMILES string of the molecule is CCCCCC(C)(C)C(O)/C=C/[C@@H]1C(SCCCCCC(=O)OC)=C(OC(=O)CCC)C[C@H]1O[Si](C)(C)C(C)(C)C. The topological polar surface area (TPSA) is 82.1 Å². The number of esters is 2. The standard InChI is InChI=1S/C33H60O6SSi/c1-11-13-16-22-33(6,7)28(34)21-20-25-26(39-41(9,10)32(3,4)5)24-27(38-30(36)18-12-2)31(25)40-23-17-14-15-19-29(35)37-8/h20-21,25-26,28,34H,11-19,22-24H2,1-10H3/b21-20+/t25-,26+,28?/m0/s1. The van der Waals surface area contributed by atoms with E-state index in [9.17, 15) is 14.7 Å². The van der Waals surface area contributed by atoms with E-state index in [1.807, 2.05) is 13.0 Å². The molecule has 8 heteroatoms. The molecule has 0 radical (unpaired) electrons. The molecular formula is C33H60O6SSi. The molecule has 3 atom stereocenters. The third-order valence-corrected chi connectivity index (χ3v) is 14.4. The Morgan fingerprint density at radius 1 is 1.00 bits per heavy atom. The van der Waals surface area contributed by atoms with Crippen molar-refractivity contribution in [2.24, 2.45) is 11.3 Å². The fraction of sp³-hybridized carbons (Fsp3) is 0.818. The molecule has 0 saturated heterocycles. The van der Waals surface area contributed by atoms with E-state index >= 15 is 0 Å². The maximum Gasteiger partial charge on any atom is 0.310 e. The van der Waals surface area contributed by atoms with Crippen molar-refractivity contribution in [2.75, 3.05) is 12.9 Å². The first-order valence-corrected chi connectivity index (χ1v) is 19.7. The van der Waals surface area contributed by atoms with Crippen molar-refractivity contribution in [3.05, 3.63) is 22.8 Å². The molecule has 0 bridgehead atoms. The van der Waals surface area contributed by atoms with Gasteiger partial charge in [-0.1, -0.05) is 86.3 Å². The van der Waals surface area contributed by atoms with Crippen molar-refractivity contribution in [3.8, 4) is 0 Å². The Labute approximate surface area is 256 Å². The van der Waals surface area contributed by atoms with Crippen molar-refractivity contribution < 1.29 is 28.6 Å². The highest BCUT2D eigenvalue weighted by atomic mass is 32.2. The van der Waals surface area contributed by atoms with E-state index in [0.717, 1.165) is 61.4 Å². The Balaban J connectivity index is 3.27. The molecule has 0 aromatic heterocycles. The van der Waals surface area contributed by atoms with Gasteiger partial charge in [-0.15, -0.1) is 11.8 Å². The molecule has 0 saturated carbocycles. The van der Waals surface area contributed by atoms with E-state index in [1.54, 1.807) is 11.8 Å². The van der Waals surface area contributed by atoms with Gasteiger partial charge in [0.25, 0.3) is 0 Å². The highest BCUT2D eigenvalue weighted by molar-refractivity contribution is 8.03. The molecule has 0 fully saturated rings. The molecule has 1 rings (SSSR count). The van der Waals surface area contributed by atoms with Crippen LogP contribution in [0.1, 0.15) is 119 Å². The lowest BCUT2D eigenvalue weighted by molar-refractivity contribution is -0.141. The summed E-state index contributed by atoms with van der Waals surface area (Å²) < 4.78 is 17.7. The van der Waals surface area contributed by atoms with Gasteiger partial charge in [0.2, 0.25) is 0 Å². The summed E-state index contributed by atoms with van der Waals surface area (Å²) >= 11 is 1.73. The summed E-state index contributed by atoms with van der Waals surface area (Å²) in [5.74, 6) is 1.11. The van der Waals surface area contributed by atoms with Gasteiger partial charge in [-0.25, -0.2) is 0 Å². The number of unbranched alkanes of at least 4 members (excludes halogenated alkanes) is 4. The Morgan fingerprint density at radius 3 is 2.27 bits per heavy atom. The molecule has 0 aromatic rings. The number of carbonyl (C=O) groups excluding carboxylic acids is 2. The quantitative estimate of drug-likeness (QED) is 0.0675. The first-order valence-electron chi connectivity index (χ1n) is 15.8. The number of aliphatic hydroxyl groups is 1. The van der Waals surface area contributed by atoms with Crippen LogP contribution in [0.15, 0.2) is 22.8 Å². The minimum Gasteiger partial charge on any atom is -0.469 e. The fourth-order valence-electron chi connectivity index (χ4n) is 4.60. The van der Waals surface area contributed by atoms with Crippen LogP contribution in [0.25, 0.3) is 0 Å². The lowest BCUT2D eigenvalue weighted by Gasteiger charge is -2.39. The second kappa shape index (κ2) is 17.9. The van der Waals surface area contributed by atoms with Crippen LogP contribution in [-0.4, -0.2) is 50.4 Å². The van der Waals surface area contributed by atoms with Gasteiger partial charge in [0, 0.05) is 30.1 Å². The van der Waals surface area contributed by atoms with Crippen molar-refractivity contribution in [1.29, 1.82) is 0 Å². The van der Waals surface area contributed by atoms with Gasteiger partial charge in [-0.3, -0.25) is 9.59 Å². The van der Waals surface area contributed by atoms with Crippen molar-refractivity contribution in [2.45, 2.75) is 149 Å². The van der Waals surface area contributed by atoms with Crippen LogP contribution < -0.4 is 0 Å². The third kappa shape index (κ3) is 13.0. The fourth-order valence-corrected chi connectivity index (χ4v) is 7.22. The minimum absolute atomic E-state index is 0.0383. The van der Waals surface area contributed by atoms with Crippen molar-refractivity contribution >= 4 is 32.0 Å². The zero-order valence-electron chi connectivity index (χ0n) is 27.8. The molecule has 41 heavy (non-hydrogen) atoms. The highest BCUT2D eigenvalue weighted by Gasteiger charge is 2.44. The Bertz CT molecular complexity index is 873. The summed E-state index contributed by atoms with van der Waals surface area (Å²) in [6, 6.07) is 0. The normalized spacial score (nSPS) is 19.2. The Hall–Kier alpha value is -1.09. The molecule has 0 amide bonds. The van der Waals surface area contributed by atoms with E-state index < -0.39 is 14.4 Å². The Kier molecular flexibility index (Phi) is 16.5. The average Bonchev–Trinajstić information content (AvgIpc) is 3.18. The van der Waals surface area contributed by atoms with Crippen LogP contribution in [0.4, 0.5) is 0 Å². The van der Waals surface area contributed by atoms with E-state index in [2.05, 4.69) is 60.7 Å². The van der Waals surface area contributed by atoms with E-state index in [1.165, 1.54) is 13.5 Å². The monoisotopic (exact) mass is 612 g/mol. The first kappa shape index (κ1) is 37.9. The molecule has 0 heterocycles. The summed E-state index contributed by atoms with van der Waals surface area (Å²) in [5.41, 5.74) is -0.229. The number of methoxy groups -OCH3 is 1. The summed E-state index contributed by atoms with van der Waals surface area (Å²) in [6.45, 7) is 19.7. The van der Waals surface area contributed by atoms with E-state index in [0.29, 0.717) is 19.3 Å². The largest absolute Gasteiger partial charge is 0.469 e. The van der Waals surface area contributed by atoms with Crippen molar-refractivity contribution in [3.63, 3.8) is 0 Å². The molecule has 1 aliphatic carbocycles. The second-order valence-corrected chi connectivity index (χ2v) is 19.6. The highest BCUT2D eigenvalue weighted by Crippen LogP contribution is 2.47. The number of rotatable bonds is 19. The van der Waals surface area contributed by atoms with Gasteiger partial charge in [-0.05, 0) is 55.0 Å². The lowest BCUT2D eigenvalue weighted by Crippen LogP contribution is -2.45. The molecule has 0 aliphatic heterocycles. The molecule has 0 spiro atoms. The second-order valence-electron chi connectivity index (χ2n) is 13.7. The molecule has 1 aliphatic rings. The first-order chi connectivity index (χ1) is 19.1. The minimum atomic E-state index is -2.12. The van der Waals surface area contributed by atoms with Gasteiger partial charge in [0.15, 0.2) is 8.32 Å².